The van der Waals surface area contributed by atoms with Crippen molar-refractivity contribution >= 4 is 23.4 Å². The van der Waals surface area contributed by atoms with Crippen LogP contribution in [-0.2, 0) is 4.79 Å². The molecule has 1 aromatic carbocycles. The van der Waals surface area contributed by atoms with Crippen LogP contribution in [0, 0.1) is 0 Å². The molecule has 1 aromatic rings. The highest BCUT2D eigenvalue weighted by Gasteiger charge is 2.15. The predicted molar refractivity (Wildman–Crippen MR) is 103 cm³/mol. The third kappa shape index (κ3) is 7.16. The van der Waals surface area contributed by atoms with E-state index < -0.39 is 0 Å². The molecule has 3 nitrogen and oxygen atoms in total. The molecular formula is C20H31NO2S. The minimum Gasteiger partial charge on any atom is -0.494 e. The minimum atomic E-state index is 0.0755. The Kier molecular flexibility index (Phi) is 9.11. The van der Waals surface area contributed by atoms with Crippen molar-refractivity contribution in [2.75, 3.05) is 17.7 Å². The highest BCUT2D eigenvalue weighted by molar-refractivity contribution is 8.00. The quantitative estimate of drug-likeness (QED) is 0.468. The third-order valence-corrected chi connectivity index (χ3v) is 5.41. The molecule has 0 aliphatic carbocycles. The van der Waals surface area contributed by atoms with Crippen molar-refractivity contribution in [1.82, 2.24) is 0 Å². The molecule has 0 saturated carbocycles. The molecule has 0 saturated heterocycles. The Labute approximate surface area is 150 Å². The van der Waals surface area contributed by atoms with Crippen molar-refractivity contribution in [2.45, 2.75) is 76.0 Å². The van der Waals surface area contributed by atoms with Crippen molar-refractivity contribution in [3.8, 4) is 5.75 Å². The van der Waals surface area contributed by atoms with Gasteiger partial charge in [0, 0.05) is 4.90 Å². The maximum Gasteiger partial charge on any atom is 0.234 e. The number of benzene rings is 1. The van der Waals surface area contributed by atoms with E-state index in [1.54, 1.807) is 11.8 Å². The van der Waals surface area contributed by atoms with E-state index in [-0.39, 0.29) is 5.91 Å². The summed E-state index contributed by atoms with van der Waals surface area (Å²) in [6.45, 7) is 3.05. The van der Waals surface area contributed by atoms with E-state index in [4.69, 9.17) is 4.74 Å². The van der Waals surface area contributed by atoms with Gasteiger partial charge in [-0.2, -0.15) is 0 Å². The maximum absolute atomic E-state index is 11.3. The van der Waals surface area contributed by atoms with Crippen LogP contribution in [0.25, 0.3) is 0 Å². The number of hydrogen-bond acceptors (Lipinski definition) is 3. The Bertz CT molecular complexity index is 504. The van der Waals surface area contributed by atoms with Gasteiger partial charge in [-0.3, -0.25) is 4.79 Å². The lowest BCUT2D eigenvalue weighted by Gasteiger charge is -2.17. The van der Waals surface area contributed by atoms with Crippen LogP contribution in [0.4, 0.5) is 5.69 Å². The largest absolute Gasteiger partial charge is 0.494 e. The van der Waals surface area contributed by atoms with Gasteiger partial charge >= 0.3 is 0 Å². The monoisotopic (exact) mass is 349 g/mol. The molecule has 1 N–H and O–H groups in total. The van der Waals surface area contributed by atoms with E-state index in [1.165, 1.54) is 57.8 Å². The molecule has 24 heavy (non-hydrogen) atoms. The normalized spacial score (nSPS) is 13.5. The van der Waals surface area contributed by atoms with Crippen molar-refractivity contribution < 1.29 is 9.53 Å². The summed E-state index contributed by atoms with van der Waals surface area (Å²) in [5.41, 5.74) is 0.905. The first kappa shape index (κ1) is 19.2. The molecule has 0 aromatic heterocycles. The number of hydrogen-bond donors (Lipinski definition) is 1. The van der Waals surface area contributed by atoms with E-state index in [0.29, 0.717) is 5.75 Å². The standard InChI is InChI=1S/C20H31NO2S/c1-2-3-4-5-6-7-8-9-10-11-14-23-17-12-13-18-19(15-17)24-16-20(22)21-18/h12-13,15H,2-11,14,16H2,1H3,(H,21,22). The first-order valence-corrected chi connectivity index (χ1v) is 10.5. The molecule has 0 bridgehead atoms. The van der Waals surface area contributed by atoms with Crippen LogP contribution in [-0.4, -0.2) is 18.3 Å². The lowest BCUT2D eigenvalue weighted by atomic mass is 10.1. The van der Waals surface area contributed by atoms with E-state index >= 15 is 0 Å². The van der Waals surface area contributed by atoms with Gasteiger partial charge < -0.3 is 10.1 Å². The highest BCUT2D eigenvalue weighted by Crippen LogP contribution is 2.34. The summed E-state index contributed by atoms with van der Waals surface area (Å²) in [6.07, 6.45) is 13.4. The predicted octanol–water partition coefficient (Wildman–Crippen LogP) is 6.03. The summed E-state index contributed by atoms with van der Waals surface area (Å²) in [7, 11) is 0. The second-order valence-corrected chi connectivity index (χ2v) is 7.54. The van der Waals surface area contributed by atoms with Gasteiger partial charge in [-0.25, -0.2) is 0 Å². The second-order valence-electron chi connectivity index (χ2n) is 6.53. The first-order valence-electron chi connectivity index (χ1n) is 9.49. The van der Waals surface area contributed by atoms with Gasteiger partial charge in [-0.1, -0.05) is 64.7 Å². The van der Waals surface area contributed by atoms with Gasteiger partial charge in [-0.15, -0.1) is 11.8 Å². The van der Waals surface area contributed by atoms with Gasteiger partial charge in [0.05, 0.1) is 18.0 Å². The molecule has 134 valence electrons. The van der Waals surface area contributed by atoms with Crippen LogP contribution >= 0.6 is 11.8 Å². The van der Waals surface area contributed by atoms with Crippen LogP contribution < -0.4 is 10.1 Å². The van der Waals surface area contributed by atoms with Crippen LogP contribution in [0.1, 0.15) is 71.1 Å². The number of nitrogens with one attached hydrogen (secondary N) is 1. The summed E-state index contributed by atoms with van der Waals surface area (Å²) < 4.78 is 5.84. The van der Waals surface area contributed by atoms with Crippen molar-refractivity contribution in [2.24, 2.45) is 0 Å². The molecule has 1 amide bonds. The lowest BCUT2D eigenvalue weighted by Crippen LogP contribution is -2.18. The van der Waals surface area contributed by atoms with E-state index in [2.05, 4.69) is 12.2 Å². The number of rotatable bonds is 12. The number of fused-ring (bicyclic) bond motifs is 1. The van der Waals surface area contributed by atoms with Crippen LogP contribution in [0.2, 0.25) is 0 Å². The Morgan fingerprint density at radius 1 is 1.00 bits per heavy atom. The minimum absolute atomic E-state index is 0.0755. The maximum atomic E-state index is 11.3. The third-order valence-electron chi connectivity index (χ3n) is 4.35. The smallest absolute Gasteiger partial charge is 0.234 e. The average Bonchev–Trinajstić information content (AvgIpc) is 2.59. The fourth-order valence-corrected chi connectivity index (χ4v) is 3.76. The molecule has 1 heterocycles. The molecule has 0 spiro atoms. The summed E-state index contributed by atoms with van der Waals surface area (Å²) in [5, 5.41) is 2.88. The molecule has 0 radical (unpaired) electrons. The van der Waals surface area contributed by atoms with Gasteiger partial charge in [0.15, 0.2) is 0 Å². The Morgan fingerprint density at radius 2 is 1.67 bits per heavy atom. The molecule has 0 unspecified atom stereocenters. The molecule has 1 aliphatic heterocycles. The summed E-state index contributed by atoms with van der Waals surface area (Å²) in [6, 6.07) is 5.92. The van der Waals surface area contributed by atoms with E-state index in [0.717, 1.165) is 29.4 Å². The lowest BCUT2D eigenvalue weighted by molar-refractivity contribution is -0.113. The van der Waals surface area contributed by atoms with Crippen LogP contribution in [0.3, 0.4) is 0 Å². The molecule has 4 heteroatoms. The SMILES string of the molecule is CCCCCCCCCCCCOc1ccc2c(c1)SCC(=O)N2. The van der Waals surface area contributed by atoms with Gasteiger partial charge in [0.1, 0.15) is 5.75 Å². The zero-order valence-corrected chi connectivity index (χ0v) is 15.8. The Hall–Kier alpha value is -1.16. The average molecular weight is 350 g/mol. The molecule has 2 rings (SSSR count). The summed E-state index contributed by atoms with van der Waals surface area (Å²) >= 11 is 1.58. The fraction of sp³-hybridized carbons (Fsp3) is 0.650. The number of unbranched alkanes of at least 4 members (excludes halogenated alkanes) is 9. The number of carbonyl (C=O) groups is 1. The topological polar surface area (TPSA) is 38.3 Å². The van der Waals surface area contributed by atoms with Gasteiger partial charge in [0.2, 0.25) is 5.91 Å². The number of anilines is 1. The van der Waals surface area contributed by atoms with E-state index in [1.807, 2.05) is 18.2 Å². The Morgan fingerprint density at radius 3 is 2.38 bits per heavy atom. The van der Waals surface area contributed by atoms with Gasteiger partial charge in [-0.05, 0) is 24.6 Å². The molecule has 0 atom stereocenters. The van der Waals surface area contributed by atoms with E-state index in [9.17, 15) is 4.79 Å². The summed E-state index contributed by atoms with van der Waals surface area (Å²) in [5.74, 6) is 1.48. The van der Waals surface area contributed by atoms with Crippen LogP contribution in [0.5, 0.6) is 5.75 Å². The number of thioether (sulfide) groups is 1. The van der Waals surface area contributed by atoms with Gasteiger partial charge in [0.25, 0.3) is 0 Å². The first-order chi connectivity index (χ1) is 11.8. The fourth-order valence-electron chi connectivity index (χ4n) is 2.92. The Balaban J connectivity index is 1.50. The van der Waals surface area contributed by atoms with Crippen molar-refractivity contribution in [3.63, 3.8) is 0 Å². The highest BCUT2D eigenvalue weighted by atomic mass is 32.2. The zero-order valence-electron chi connectivity index (χ0n) is 14.9. The molecular weight excluding hydrogens is 318 g/mol. The molecule has 0 fully saturated rings. The van der Waals surface area contributed by atoms with Crippen molar-refractivity contribution in [1.29, 1.82) is 0 Å². The molecule has 1 aliphatic rings. The number of carbonyl (C=O) groups excluding carboxylic acids is 1. The second kappa shape index (κ2) is 11.4. The zero-order chi connectivity index (χ0) is 17.0. The number of amides is 1. The number of ether oxygens (including phenoxy) is 1. The van der Waals surface area contributed by atoms with Crippen LogP contribution in [0.15, 0.2) is 23.1 Å². The van der Waals surface area contributed by atoms with Crippen molar-refractivity contribution in [3.05, 3.63) is 18.2 Å². The summed E-state index contributed by atoms with van der Waals surface area (Å²) in [4.78, 5) is 12.4.